The van der Waals surface area contributed by atoms with E-state index in [0.717, 1.165) is 51.4 Å². The molecule has 0 spiro atoms. The molecule has 7 heteroatoms. The van der Waals surface area contributed by atoms with Crippen molar-refractivity contribution in [3.8, 4) is 0 Å². The number of ketones is 1. The molecule has 0 amide bonds. The molecule has 41 heavy (non-hydrogen) atoms. The number of aliphatic hydroxyl groups is 2. The summed E-state index contributed by atoms with van der Waals surface area (Å²) in [4.78, 5) is 18.6. The lowest BCUT2D eigenvalue weighted by molar-refractivity contribution is -0.0422. The zero-order valence-corrected chi connectivity index (χ0v) is 25.3. The Morgan fingerprint density at radius 1 is 1.15 bits per heavy atom. The first-order valence-electron chi connectivity index (χ1n) is 14.5. The van der Waals surface area contributed by atoms with Crippen LogP contribution in [-0.4, -0.2) is 38.4 Å². The van der Waals surface area contributed by atoms with E-state index in [1.165, 1.54) is 11.8 Å². The van der Waals surface area contributed by atoms with Crippen LogP contribution >= 0.6 is 23.1 Å². The van der Waals surface area contributed by atoms with Gasteiger partial charge in [-0.25, -0.2) is 4.98 Å². The molecular weight excluding hydrogens is 551 g/mol. The van der Waals surface area contributed by atoms with Crippen LogP contribution in [0.25, 0.3) is 10.2 Å². The number of aliphatic hydroxyl groups excluding tert-OH is 1. The summed E-state index contributed by atoms with van der Waals surface area (Å²) in [6.45, 7) is 4.35. The van der Waals surface area contributed by atoms with Crippen LogP contribution in [0.5, 0.6) is 0 Å². The molecule has 1 fully saturated rings. The molecule has 2 bridgehead atoms. The summed E-state index contributed by atoms with van der Waals surface area (Å²) >= 11 is 3.31. The molecular formula is C34H37NO4S2. The first-order chi connectivity index (χ1) is 19.8. The van der Waals surface area contributed by atoms with Crippen molar-refractivity contribution in [1.82, 2.24) is 4.98 Å². The molecule has 3 aliphatic carbocycles. The number of rotatable bonds is 5. The van der Waals surface area contributed by atoms with Gasteiger partial charge in [-0.15, -0.1) is 11.3 Å². The van der Waals surface area contributed by atoms with Crippen LogP contribution in [0, 0.1) is 5.41 Å². The number of fused-ring (bicyclic) bond motifs is 9. The fraction of sp³-hybridized carbons (Fsp3) is 0.412. The number of carbonyl (C=O) groups excluding carboxylic acids is 1. The second-order valence-corrected chi connectivity index (χ2v) is 14.2. The van der Waals surface area contributed by atoms with E-state index in [0.29, 0.717) is 36.3 Å². The molecule has 4 atom stereocenters. The van der Waals surface area contributed by atoms with Gasteiger partial charge in [0.2, 0.25) is 5.78 Å². The molecule has 2 N–H and O–H groups in total. The van der Waals surface area contributed by atoms with E-state index in [9.17, 15) is 15.0 Å². The van der Waals surface area contributed by atoms with Gasteiger partial charge in [-0.1, -0.05) is 54.6 Å². The van der Waals surface area contributed by atoms with E-state index in [1.807, 2.05) is 24.3 Å². The number of hydrogen-bond donors (Lipinski definition) is 2. The predicted octanol–water partition coefficient (Wildman–Crippen LogP) is 7.95. The quantitative estimate of drug-likeness (QED) is 0.140. The topological polar surface area (TPSA) is 83.6 Å². The Balaban J connectivity index is 1.39. The fourth-order valence-electron chi connectivity index (χ4n) is 6.81. The number of hydrogen-bond acceptors (Lipinski definition) is 7. The van der Waals surface area contributed by atoms with Crippen LogP contribution in [0.2, 0.25) is 0 Å². The average Bonchev–Trinajstić information content (AvgIpc) is 3.70. The second kappa shape index (κ2) is 11.5. The molecule has 2 aromatic heterocycles. The van der Waals surface area contributed by atoms with E-state index >= 15 is 0 Å². The largest absolute Gasteiger partial charge is 0.461 e. The van der Waals surface area contributed by atoms with Crippen molar-refractivity contribution in [2.24, 2.45) is 5.41 Å². The molecule has 2 aromatic carbocycles. The maximum Gasteiger partial charge on any atom is 0.228 e. The molecule has 1 saturated carbocycles. The highest BCUT2D eigenvalue weighted by Gasteiger charge is 2.56. The Morgan fingerprint density at radius 3 is 2.80 bits per heavy atom. The molecule has 3 aliphatic rings. The second-order valence-electron chi connectivity index (χ2n) is 12.0. The van der Waals surface area contributed by atoms with Crippen LogP contribution in [0.15, 0.2) is 81.3 Å². The van der Waals surface area contributed by atoms with Gasteiger partial charge in [0.15, 0.2) is 10.1 Å². The number of carbonyl (C=O) groups is 1. The van der Waals surface area contributed by atoms with Crippen molar-refractivity contribution in [2.75, 3.05) is 5.75 Å². The highest BCUT2D eigenvalue weighted by atomic mass is 32.2. The Hall–Kier alpha value is -2.71. The Morgan fingerprint density at radius 2 is 2.00 bits per heavy atom. The Bertz CT molecular complexity index is 1540. The van der Waals surface area contributed by atoms with E-state index in [-0.39, 0.29) is 11.7 Å². The van der Waals surface area contributed by atoms with E-state index < -0.39 is 17.1 Å². The zero-order chi connectivity index (χ0) is 28.6. The van der Waals surface area contributed by atoms with Gasteiger partial charge in [-0.3, -0.25) is 4.79 Å². The summed E-state index contributed by atoms with van der Waals surface area (Å²) < 4.78 is 7.66. The van der Waals surface area contributed by atoms with Crippen LogP contribution in [0.3, 0.4) is 0 Å². The standard InChI is InChI=1S/C34H37NO4S2/c1-22-7-5-16-33(2)27(15-17-34(33,38)21-40-32-35-28-8-3-4-10-30(28)41-32)25-14-12-23(19-24(36)13-11-22)20-26(25)31(37)29-9-6-18-39-29/h3-4,6-10,12,14,18,20,24,27,36,38H,5,11,13,15-17,19,21H2,1-2H3. The number of thiazole rings is 1. The SMILES string of the molecule is CC1=CCCC2(C)C(CCC2(O)CSc2nc3ccccc3s2)c2ccc(cc2C(=O)c2ccco2)CC(O)CC1. The van der Waals surface area contributed by atoms with Crippen molar-refractivity contribution in [3.63, 3.8) is 0 Å². The summed E-state index contributed by atoms with van der Waals surface area (Å²) in [5.41, 5.74) is 3.40. The summed E-state index contributed by atoms with van der Waals surface area (Å²) in [5.74, 6) is 0.706. The van der Waals surface area contributed by atoms with Crippen LogP contribution in [-0.2, 0) is 6.42 Å². The normalized spacial score (nSPS) is 27.0. The fourth-order valence-corrected chi connectivity index (χ4v) is 9.19. The smallest absolute Gasteiger partial charge is 0.228 e. The van der Waals surface area contributed by atoms with Crippen molar-refractivity contribution >= 4 is 39.1 Å². The average molecular weight is 588 g/mol. The first kappa shape index (κ1) is 28.4. The molecule has 0 saturated heterocycles. The van der Waals surface area contributed by atoms with Gasteiger partial charge >= 0.3 is 0 Å². The maximum absolute atomic E-state index is 13.8. The minimum atomic E-state index is -0.932. The molecule has 7 rings (SSSR count). The van der Waals surface area contributed by atoms with Crippen molar-refractivity contribution in [2.45, 2.75) is 80.8 Å². The maximum atomic E-state index is 13.8. The lowest BCUT2D eigenvalue weighted by Crippen LogP contribution is -2.46. The van der Waals surface area contributed by atoms with Crippen molar-refractivity contribution < 1.29 is 19.4 Å². The molecule has 2 heterocycles. The van der Waals surface area contributed by atoms with Crippen LogP contribution in [0.4, 0.5) is 0 Å². The van der Waals surface area contributed by atoms with Gasteiger partial charge < -0.3 is 14.6 Å². The Labute approximate surface area is 249 Å². The summed E-state index contributed by atoms with van der Waals surface area (Å²) in [6, 6.07) is 17.7. The number of aromatic nitrogens is 1. The monoisotopic (exact) mass is 587 g/mol. The highest BCUT2D eigenvalue weighted by molar-refractivity contribution is 8.01. The number of nitrogens with zero attached hydrogens (tertiary/aromatic N) is 1. The lowest BCUT2D eigenvalue weighted by atomic mass is 9.65. The van der Waals surface area contributed by atoms with Crippen molar-refractivity contribution in [1.29, 1.82) is 0 Å². The van der Waals surface area contributed by atoms with Gasteiger partial charge in [0.25, 0.3) is 0 Å². The number of furan rings is 1. The van der Waals surface area contributed by atoms with Gasteiger partial charge in [0, 0.05) is 16.7 Å². The molecule has 5 nitrogen and oxygen atoms in total. The Kier molecular flexibility index (Phi) is 7.98. The van der Waals surface area contributed by atoms with Gasteiger partial charge in [0.05, 0.1) is 28.2 Å². The number of benzene rings is 2. The van der Waals surface area contributed by atoms with Gasteiger partial charge in [-0.05, 0) is 99.2 Å². The van der Waals surface area contributed by atoms with Gasteiger partial charge in [-0.2, -0.15) is 0 Å². The van der Waals surface area contributed by atoms with Crippen molar-refractivity contribution in [3.05, 3.63) is 95.0 Å². The van der Waals surface area contributed by atoms with Gasteiger partial charge in [0.1, 0.15) is 0 Å². The third-order valence-corrected chi connectivity index (χ3v) is 11.8. The summed E-state index contributed by atoms with van der Waals surface area (Å²) in [7, 11) is 0. The molecule has 4 aromatic rings. The summed E-state index contributed by atoms with van der Waals surface area (Å²) in [6.07, 6.45) is 8.41. The molecule has 0 radical (unpaired) electrons. The number of thioether (sulfide) groups is 1. The number of para-hydroxylation sites is 1. The van der Waals surface area contributed by atoms with Crippen LogP contribution < -0.4 is 0 Å². The molecule has 4 unspecified atom stereocenters. The lowest BCUT2D eigenvalue weighted by Gasteiger charge is -2.44. The third-order valence-electron chi connectivity index (χ3n) is 9.37. The number of allylic oxidation sites excluding steroid dienone is 2. The van der Waals surface area contributed by atoms with Crippen LogP contribution in [0.1, 0.15) is 85.5 Å². The highest BCUT2D eigenvalue weighted by Crippen LogP contribution is 2.59. The first-order valence-corrected chi connectivity index (χ1v) is 16.3. The molecule has 214 valence electrons. The minimum absolute atomic E-state index is 0.00648. The van der Waals surface area contributed by atoms with E-state index in [2.05, 4.69) is 38.1 Å². The zero-order valence-electron chi connectivity index (χ0n) is 23.6. The molecule has 0 aliphatic heterocycles. The minimum Gasteiger partial charge on any atom is -0.461 e. The predicted molar refractivity (Wildman–Crippen MR) is 166 cm³/mol. The van der Waals surface area contributed by atoms with E-state index in [4.69, 9.17) is 9.40 Å². The third kappa shape index (κ3) is 5.57. The summed E-state index contributed by atoms with van der Waals surface area (Å²) in [5, 5.41) is 23.2. The van der Waals surface area contributed by atoms with E-state index in [1.54, 1.807) is 35.2 Å².